The lowest BCUT2D eigenvalue weighted by Gasteiger charge is -2.07. The summed E-state index contributed by atoms with van der Waals surface area (Å²) in [7, 11) is 0. The second kappa shape index (κ2) is 5.57. The van der Waals surface area contributed by atoms with Gasteiger partial charge in [0.1, 0.15) is 0 Å². The van der Waals surface area contributed by atoms with Crippen molar-refractivity contribution >= 4 is 5.91 Å². The van der Waals surface area contributed by atoms with Crippen LogP contribution in [0.15, 0.2) is 0 Å². The van der Waals surface area contributed by atoms with Crippen LogP contribution in [-0.2, 0) is 14.3 Å². The molecule has 0 aromatic rings. The molecule has 1 aliphatic rings. The van der Waals surface area contributed by atoms with Crippen molar-refractivity contribution in [3.63, 3.8) is 0 Å². The summed E-state index contributed by atoms with van der Waals surface area (Å²) >= 11 is 0. The number of carbonyl (C=O) groups excluding carboxylic acids is 1. The van der Waals surface area contributed by atoms with Crippen molar-refractivity contribution in [2.75, 3.05) is 19.8 Å². The lowest BCUT2D eigenvalue weighted by molar-refractivity contribution is -0.129. The van der Waals surface area contributed by atoms with Crippen molar-refractivity contribution in [1.29, 1.82) is 0 Å². The van der Waals surface area contributed by atoms with E-state index in [0.717, 1.165) is 0 Å². The van der Waals surface area contributed by atoms with Crippen molar-refractivity contribution in [2.24, 2.45) is 0 Å². The molecule has 0 saturated carbocycles. The zero-order valence-corrected chi connectivity index (χ0v) is 7.63. The molecular formula is C9H13NO3. The maximum absolute atomic E-state index is 11.1. The van der Waals surface area contributed by atoms with Crippen LogP contribution in [0.25, 0.3) is 0 Å². The Labute approximate surface area is 77.6 Å². The number of amides is 1. The molecule has 72 valence electrons. The van der Waals surface area contributed by atoms with Gasteiger partial charge < -0.3 is 14.8 Å². The van der Waals surface area contributed by atoms with Crippen LogP contribution in [0.4, 0.5) is 0 Å². The van der Waals surface area contributed by atoms with Crippen LogP contribution in [0.3, 0.4) is 0 Å². The maximum atomic E-state index is 11.1. The third-order valence-electron chi connectivity index (χ3n) is 1.59. The lowest BCUT2D eigenvalue weighted by Crippen LogP contribution is -2.28. The van der Waals surface area contributed by atoms with Gasteiger partial charge in [-0.3, -0.25) is 4.79 Å². The van der Waals surface area contributed by atoms with Gasteiger partial charge in [-0.25, -0.2) is 0 Å². The Morgan fingerprint density at radius 2 is 2.23 bits per heavy atom. The van der Waals surface area contributed by atoms with E-state index in [9.17, 15) is 4.79 Å². The van der Waals surface area contributed by atoms with E-state index >= 15 is 0 Å². The Bertz CT molecular complexity index is 223. The largest absolute Gasteiger partial charge is 0.350 e. The summed E-state index contributed by atoms with van der Waals surface area (Å²) in [5, 5.41) is 2.64. The molecule has 1 rings (SSSR count). The Balaban J connectivity index is 2.11. The SMILES string of the molecule is CC#CCNC(=O)CC1OCCO1. The quantitative estimate of drug-likeness (QED) is 0.621. The zero-order chi connectivity index (χ0) is 9.52. The summed E-state index contributed by atoms with van der Waals surface area (Å²) in [5.74, 6) is 5.34. The standard InChI is InChI=1S/C9H13NO3/c1-2-3-4-10-8(11)7-9-12-5-6-13-9/h9H,4-7H2,1H3,(H,10,11). The van der Waals surface area contributed by atoms with E-state index in [1.54, 1.807) is 6.92 Å². The Hall–Kier alpha value is -1.05. The molecule has 1 saturated heterocycles. The minimum absolute atomic E-state index is 0.0883. The summed E-state index contributed by atoms with van der Waals surface area (Å²) in [6.07, 6.45) is -0.111. The average Bonchev–Trinajstić information content (AvgIpc) is 2.57. The van der Waals surface area contributed by atoms with E-state index in [1.165, 1.54) is 0 Å². The van der Waals surface area contributed by atoms with Crippen LogP contribution in [-0.4, -0.2) is 32.0 Å². The summed E-state index contributed by atoms with van der Waals surface area (Å²) in [6, 6.07) is 0. The average molecular weight is 183 g/mol. The van der Waals surface area contributed by atoms with Gasteiger partial charge in [-0.05, 0) is 6.92 Å². The fraction of sp³-hybridized carbons (Fsp3) is 0.667. The van der Waals surface area contributed by atoms with E-state index in [1.807, 2.05) is 0 Å². The molecule has 1 amide bonds. The van der Waals surface area contributed by atoms with Crippen LogP contribution >= 0.6 is 0 Å². The second-order valence-corrected chi connectivity index (χ2v) is 2.58. The minimum Gasteiger partial charge on any atom is -0.350 e. The first kappa shape index (κ1) is 10.0. The van der Waals surface area contributed by atoms with Gasteiger partial charge in [-0.15, -0.1) is 5.92 Å². The first-order valence-electron chi connectivity index (χ1n) is 4.22. The van der Waals surface area contributed by atoms with Crippen molar-refractivity contribution in [3.8, 4) is 11.8 Å². The third-order valence-corrected chi connectivity index (χ3v) is 1.59. The second-order valence-electron chi connectivity index (χ2n) is 2.58. The molecule has 1 heterocycles. The van der Waals surface area contributed by atoms with Gasteiger partial charge >= 0.3 is 0 Å². The highest BCUT2D eigenvalue weighted by Crippen LogP contribution is 2.06. The van der Waals surface area contributed by atoms with Crippen LogP contribution < -0.4 is 5.32 Å². The molecule has 0 aromatic carbocycles. The third kappa shape index (κ3) is 3.92. The van der Waals surface area contributed by atoms with E-state index in [4.69, 9.17) is 9.47 Å². The Morgan fingerprint density at radius 1 is 1.54 bits per heavy atom. The number of carbonyl (C=O) groups is 1. The fourth-order valence-corrected chi connectivity index (χ4v) is 0.980. The molecule has 1 N–H and O–H groups in total. The number of nitrogens with one attached hydrogen (secondary N) is 1. The monoisotopic (exact) mass is 183 g/mol. The normalized spacial score (nSPS) is 16.4. The van der Waals surface area contributed by atoms with Gasteiger partial charge in [0.05, 0.1) is 26.2 Å². The Morgan fingerprint density at radius 3 is 2.85 bits per heavy atom. The van der Waals surface area contributed by atoms with Crippen molar-refractivity contribution in [2.45, 2.75) is 19.6 Å². The Kier molecular flexibility index (Phi) is 4.30. The van der Waals surface area contributed by atoms with Crippen molar-refractivity contribution in [1.82, 2.24) is 5.32 Å². The lowest BCUT2D eigenvalue weighted by atomic mass is 10.4. The predicted octanol–water partition coefficient (Wildman–Crippen LogP) is -0.111. The molecule has 4 nitrogen and oxygen atoms in total. The van der Waals surface area contributed by atoms with Crippen molar-refractivity contribution < 1.29 is 14.3 Å². The van der Waals surface area contributed by atoms with Crippen LogP contribution in [0.5, 0.6) is 0 Å². The molecule has 0 aromatic heterocycles. The highest BCUT2D eigenvalue weighted by molar-refractivity contribution is 5.76. The van der Waals surface area contributed by atoms with Crippen LogP contribution in [0, 0.1) is 11.8 Å². The molecule has 0 unspecified atom stereocenters. The van der Waals surface area contributed by atoms with Gasteiger partial charge in [0.25, 0.3) is 0 Å². The molecule has 0 radical (unpaired) electrons. The van der Waals surface area contributed by atoms with Crippen molar-refractivity contribution in [3.05, 3.63) is 0 Å². The van der Waals surface area contributed by atoms with E-state index in [2.05, 4.69) is 17.2 Å². The maximum Gasteiger partial charge on any atom is 0.225 e. The van der Waals surface area contributed by atoms with Gasteiger partial charge in [0, 0.05) is 0 Å². The molecule has 13 heavy (non-hydrogen) atoms. The summed E-state index contributed by atoms with van der Waals surface area (Å²) in [4.78, 5) is 11.1. The minimum atomic E-state index is -0.366. The molecule has 0 bridgehead atoms. The topological polar surface area (TPSA) is 47.6 Å². The van der Waals surface area contributed by atoms with Crippen LogP contribution in [0.1, 0.15) is 13.3 Å². The van der Waals surface area contributed by atoms with E-state index in [0.29, 0.717) is 19.8 Å². The van der Waals surface area contributed by atoms with Gasteiger partial charge in [-0.1, -0.05) is 5.92 Å². The number of rotatable bonds is 3. The summed E-state index contributed by atoms with van der Waals surface area (Å²) in [5.41, 5.74) is 0. The van der Waals surface area contributed by atoms with Gasteiger partial charge in [0.2, 0.25) is 5.91 Å². The van der Waals surface area contributed by atoms with Crippen LogP contribution in [0.2, 0.25) is 0 Å². The molecule has 1 fully saturated rings. The van der Waals surface area contributed by atoms with Gasteiger partial charge in [-0.2, -0.15) is 0 Å². The molecule has 0 aliphatic carbocycles. The summed E-state index contributed by atoms with van der Waals surface area (Å²) < 4.78 is 10.2. The number of hydrogen-bond donors (Lipinski definition) is 1. The summed E-state index contributed by atoms with van der Waals surface area (Å²) in [6.45, 7) is 3.27. The number of hydrogen-bond acceptors (Lipinski definition) is 3. The molecule has 1 aliphatic heterocycles. The first-order valence-corrected chi connectivity index (χ1v) is 4.22. The van der Waals surface area contributed by atoms with Gasteiger partial charge in [0.15, 0.2) is 6.29 Å². The fourth-order valence-electron chi connectivity index (χ4n) is 0.980. The zero-order valence-electron chi connectivity index (χ0n) is 7.63. The van der Waals surface area contributed by atoms with E-state index < -0.39 is 0 Å². The molecular weight excluding hydrogens is 170 g/mol. The smallest absolute Gasteiger partial charge is 0.225 e. The highest BCUT2D eigenvalue weighted by Gasteiger charge is 2.18. The molecule has 0 atom stereocenters. The predicted molar refractivity (Wildman–Crippen MR) is 46.8 cm³/mol. The number of ether oxygens (including phenoxy) is 2. The molecule has 0 spiro atoms. The van der Waals surface area contributed by atoms with E-state index in [-0.39, 0.29) is 18.6 Å². The molecule has 4 heteroatoms. The highest BCUT2D eigenvalue weighted by atomic mass is 16.7. The first-order chi connectivity index (χ1) is 6.33.